The summed E-state index contributed by atoms with van der Waals surface area (Å²) < 4.78 is 11.3. The number of nitrogens with zero attached hydrogens (tertiary/aromatic N) is 1. The van der Waals surface area contributed by atoms with Crippen molar-refractivity contribution in [1.29, 1.82) is 0 Å². The van der Waals surface area contributed by atoms with Gasteiger partial charge in [-0.25, -0.2) is 0 Å². The fraction of sp³-hybridized carbons (Fsp3) is 0.400. The van der Waals surface area contributed by atoms with E-state index in [4.69, 9.17) is 9.15 Å². The van der Waals surface area contributed by atoms with E-state index in [0.717, 1.165) is 18.7 Å². The van der Waals surface area contributed by atoms with Crippen LogP contribution in [0.25, 0.3) is 11.0 Å². The zero-order valence-corrected chi connectivity index (χ0v) is 11.2. The van der Waals surface area contributed by atoms with Crippen LogP contribution < -0.4 is 10.3 Å². The van der Waals surface area contributed by atoms with Crippen LogP contribution >= 0.6 is 0 Å². The second kappa shape index (κ2) is 4.70. The predicted octanol–water partition coefficient (Wildman–Crippen LogP) is 2.25. The van der Waals surface area contributed by atoms with Crippen molar-refractivity contribution in [3.8, 4) is 0 Å². The molecule has 0 radical (unpaired) electrons. The summed E-state index contributed by atoms with van der Waals surface area (Å²) in [6, 6.07) is 5.71. The molecule has 4 heteroatoms. The van der Waals surface area contributed by atoms with Gasteiger partial charge in [-0.05, 0) is 25.5 Å². The highest BCUT2D eigenvalue weighted by molar-refractivity contribution is 5.82. The van der Waals surface area contributed by atoms with Crippen molar-refractivity contribution in [2.45, 2.75) is 13.8 Å². The molecule has 1 aromatic heterocycles. The summed E-state index contributed by atoms with van der Waals surface area (Å²) in [5, 5.41) is 0.692. The standard InChI is InChI=1S/C15H17NO3/c1-10-4-3-5-12-13(10)14(17)11(2)15(19-12)16-6-8-18-9-7-16/h3-5H,6-9H2,1-2H3. The summed E-state index contributed by atoms with van der Waals surface area (Å²) in [5.41, 5.74) is 2.38. The van der Waals surface area contributed by atoms with E-state index in [-0.39, 0.29) is 5.43 Å². The molecule has 100 valence electrons. The lowest BCUT2D eigenvalue weighted by Crippen LogP contribution is -2.37. The van der Waals surface area contributed by atoms with Crippen molar-refractivity contribution < 1.29 is 9.15 Å². The van der Waals surface area contributed by atoms with Gasteiger partial charge < -0.3 is 14.1 Å². The number of fused-ring (bicyclic) bond motifs is 1. The van der Waals surface area contributed by atoms with E-state index in [1.165, 1.54) is 0 Å². The lowest BCUT2D eigenvalue weighted by Gasteiger charge is -2.28. The Morgan fingerprint density at radius 2 is 1.89 bits per heavy atom. The van der Waals surface area contributed by atoms with Crippen molar-refractivity contribution in [3.63, 3.8) is 0 Å². The predicted molar refractivity (Wildman–Crippen MR) is 75.0 cm³/mol. The second-order valence-corrected chi connectivity index (χ2v) is 4.91. The average Bonchev–Trinajstić information content (AvgIpc) is 2.43. The summed E-state index contributed by atoms with van der Waals surface area (Å²) in [4.78, 5) is 14.6. The van der Waals surface area contributed by atoms with E-state index in [0.29, 0.717) is 35.6 Å². The maximum atomic E-state index is 12.5. The van der Waals surface area contributed by atoms with Crippen LogP contribution in [0.1, 0.15) is 11.1 Å². The van der Waals surface area contributed by atoms with Crippen LogP contribution in [0.4, 0.5) is 5.88 Å². The Labute approximate surface area is 111 Å². The number of anilines is 1. The number of hydrogen-bond donors (Lipinski definition) is 0. The molecule has 0 amide bonds. The van der Waals surface area contributed by atoms with Crippen LogP contribution in [-0.4, -0.2) is 26.3 Å². The third-order valence-corrected chi connectivity index (χ3v) is 3.63. The molecule has 0 unspecified atom stereocenters. The van der Waals surface area contributed by atoms with E-state index in [9.17, 15) is 4.79 Å². The highest BCUT2D eigenvalue weighted by atomic mass is 16.5. The van der Waals surface area contributed by atoms with E-state index < -0.39 is 0 Å². The number of hydrogen-bond acceptors (Lipinski definition) is 4. The number of benzene rings is 1. The molecule has 0 aliphatic carbocycles. The SMILES string of the molecule is Cc1c(N2CCOCC2)oc2cccc(C)c2c1=O. The largest absolute Gasteiger partial charge is 0.440 e. The minimum atomic E-state index is 0.0702. The lowest BCUT2D eigenvalue weighted by atomic mass is 10.1. The van der Waals surface area contributed by atoms with Crippen molar-refractivity contribution in [1.82, 2.24) is 0 Å². The van der Waals surface area contributed by atoms with Crippen molar-refractivity contribution in [3.05, 3.63) is 39.5 Å². The van der Waals surface area contributed by atoms with Gasteiger partial charge in [-0.3, -0.25) is 4.79 Å². The molecular weight excluding hydrogens is 242 g/mol. The molecule has 1 aliphatic heterocycles. The third kappa shape index (κ3) is 2.02. The molecule has 1 aliphatic rings. The van der Waals surface area contributed by atoms with Crippen molar-refractivity contribution >= 4 is 16.9 Å². The number of ether oxygens (including phenoxy) is 1. The van der Waals surface area contributed by atoms with Gasteiger partial charge in [0.15, 0.2) is 5.43 Å². The van der Waals surface area contributed by atoms with Gasteiger partial charge in [-0.15, -0.1) is 0 Å². The van der Waals surface area contributed by atoms with Crippen LogP contribution in [0, 0.1) is 13.8 Å². The summed E-state index contributed by atoms with van der Waals surface area (Å²) in [5.74, 6) is 0.686. The van der Waals surface area contributed by atoms with Gasteiger partial charge in [-0.2, -0.15) is 0 Å². The molecule has 1 fully saturated rings. The molecule has 0 bridgehead atoms. The number of rotatable bonds is 1. The summed E-state index contributed by atoms with van der Waals surface area (Å²) >= 11 is 0. The Bertz CT molecular complexity index is 669. The Kier molecular flexibility index (Phi) is 3.03. The Morgan fingerprint density at radius 3 is 2.63 bits per heavy atom. The Balaban J connectivity index is 2.21. The van der Waals surface area contributed by atoms with Crippen LogP contribution in [-0.2, 0) is 4.74 Å². The van der Waals surface area contributed by atoms with Crippen LogP contribution in [0.15, 0.2) is 27.4 Å². The maximum absolute atomic E-state index is 12.5. The minimum absolute atomic E-state index is 0.0702. The molecule has 19 heavy (non-hydrogen) atoms. The summed E-state index contributed by atoms with van der Waals surface area (Å²) in [7, 11) is 0. The summed E-state index contributed by atoms with van der Waals surface area (Å²) in [6.07, 6.45) is 0. The molecular formula is C15H17NO3. The summed E-state index contributed by atoms with van der Waals surface area (Å²) in [6.45, 7) is 6.65. The molecule has 0 atom stereocenters. The van der Waals surface area contributed by atoms with Gasteiger partial charge in [0.25, 0.3) is 0 Å². The number of aryl methyl sites for hydroxylation is 1. The highest BCUT2D eigenvalue weighted by Crippen LogP contribution is 2.25. The van der Waals surface area contributed by atoms with E-state index in [2.05, 4.69) is 4.90 Å². The smallest absolute Gasteiger partial charge is 0.203 e. The molecule has 0 N–H and O–H groups in total. The zero-order valence-electron chi connectivity index (χ0n) is 11.2. The normalized spacial score (nSPS) is 16.0. The van der Waals surface area contributed by atoms with Gasteiger partial charge in [-0.1, -0.05) is 12.1 Å². The first-order valence-electron chi connectivity index (χ1n) is 6.54. The van der Waals surface area contributed by atoms with E-state index in [1.54, 1.807) is 0 Å². The average molecular weight is 259 g/mol. The Morgan fingerprint density at radius 1 is 1.16 bits per heavy atom. The highest BCUT2D eigenvalue weighted by Gasteiger charge is 2.19. The Hall–Kier alpha value is -1.81. The fourth-order valence-corrected chi connectivity index (χ4v) is 2.55. The number of morpholine rings is 1. The van der Waals surface area contributed by atoms with Gasteiger partial charge in [0, 0.05) is 13.1 Å². The van der Waals surface area contributed by atoms with Gasteiger partial charge in [0.1, 0.15) is 5.58 Å². The van der Waals surface area contributed by atoms with E-state index in [1.807, 2.05) is 32.0 Å². The van der Waals surface area contributed by atoms with Crippen LogP contribution in [0.3, 0.4) is 0 Å². The van der Waals surface area contributed by atoms with Crippen molar-refractivity contribution in [2.24, 2.45) is 0 Å². The minimum Gasteiger partial charge on any atom is -0.440 e. The maximum Gasteiger partial charge on any atom is 0.203 e. The molecule has 0 saturated carbocycles. The molecule has 3 rings (SSSR count). The molecule has 2 aromatic rings. The molecule has 0 spiro atoms. The van der Waals surface area contributed by atoms with Crippen molar-refractivity contribution in [2.75, 3.05) is 31.2 Å². The zero-order chi connectivity index (χ0) is 13.4. The topological polar surface area (TPSA) is 42.7 Å². The molecule has 4 nitrogen and oxygen atoms in total. The fourth-order valence-electron chi connectivity index (χ4n) is 2.55. The second-order valence-electron chi connectivity index (χ2n) is 4.91. The lowest BCUT2D eigenvalue weighted by molar-refractivity contribution is 0.120. The monoisotopic (exact) mass is 259 g/mol. The van der Waals surface area contributed by atoms with Gasteiger partial charge >= 0.3 is 0 Å². The third-order valence-electron chi connectivity index (χ3n) is 3.63. The first-order valence-corrected chi connectivity index (χ1v) is 6.54. The van der Waals surface area contributed by atoms with Gasteiger partial charge in [0.2, 0.25) is 5.88 Å². The molecule has 2 heterocycles. The van der Waals surface area contributed by atoms with E-state index >= 15 is 0 Å². The quantitative estimate of drug-likeness (QED) is 0.787. The first-order chi connectivity index (χ1) is 9.18. The first kappa shape index (κ1) is 12.2. The molecule has 1 aromatic carbocycles. The molecule has 1 saturated heterocycles. The van der Waals surface area contributed by atoms with Crippen LogP contribution in [0.5, 0.6) is 0 Å². The van der Waals surface area contributed by atoms with Crippen LogP contribution in [0.2, 0.25) is 0 Å². The van der Waals surface area contributed by atoms with Gasteiger partial charge in [0.05, 0.1) is 24.2 Å².